The van der Waals surface area contributed by atoms with Crippen molar-refractivity contribution in [1.82, 2.24) is 10.3 Å². The molecule has 0 radical (unpaired) electrons. The summed E-state index contributed by atoms with van der Waals surface area (Å²) in [5.74, 6) is 0.858. The van der Waals surface area contributed by atoms with Crippen molar-refractivity contribution in [1.29, 1.82) is 0 Å². The van der Waals surface area contributed by atoms with Gasteiger partial charge >= 0.3 is 0 Å². The summed E-state index contributed by atoms with van der Waals surface area (Å²) in [5.41, 5.74) is 1.13. The Bertz CT molecular complexity index is 250. The third kappa shape index (κ3) is 3.90. The zero-order valence-corrected chi connectivity index (χ0v) is 8.21. The fraction of sp³-hybridized carbons (Fsp3) is 0.500. The number of nitrogens with one attached hydrogen (secondary N) is 1. The summed E-state index contributed by atoms with van der Waals surface area (Å²) in [4.78, 5) is 4.04. The van der Waals surface area contributed by atoms with Crippen LogP contribution in [0.5, 0.6) is 5.75 Å². The predicted molar refractivity (Wildman–Crippen MR) is 53.0 cm³/mol. The van der Waals surface area contributed by atoms with Crippen LogP contribution in [-0.4, -0.2) is 25.2 Å². The minimum absolute atomic E-state index is 0.742. The van der Waals surface area contributed by atoms with E-state index in [1.54, 1.807) is 6.20 Å². The van der Waals surface area contributed by atoms with E-state index in [1.165, 1.54) is 0 Å². The molecule has 0 atom stereocenters. The molecule has 0 bridgehead atoms. The Kier molecular flexibility index (Phi) is 4.26. The zero-order chi connectivity index (χ0) is 9.52. The molecular formula is C10H16N2O. The molecule has 0 aliphatic carbocycles. The fourth-order valence-corrected chi connectivity index (χ4v) is 1.05. The quantitative estimate of drug-likeness (QED) is 0.695. The summed E-state index contributed by atoms with van der Waals surface area (Å²) in [6, 6.07) is 1.99. The largest absolute Gasteiger partial charge is 0.492 e. The van der Waals surface area contributed by atoms with E-state index in [1.807, 2.05) is 26.2 Å². The van der Waals surface area contributed by atoms with Crippen molar-refractivity contribution < 1.29 is 4.74 Å². The average molecular weight is 180 g/mol. The molecule has 1 rings (SSSR count). The number of hydrogen-bond acceptors (Lipinski definition) is 3. The first-order chi connectivity index (χ1) is 6.33. The van der Waals surface area contributed by atoms with Crippen molar-refractivity contribution in [3.63, 3.8) is 0 Å². The highest BCUT2D eigenvalue weighted by molar-refractivity contribution is 5.22. The molecule has 0 amide bonds. The second-order valence-corrected chi connectivity index (χ2v) is 3.00. The van der Waals surface area contributed by atoms with Crippen molar-refractivity contribution in [2.24, 2.45) is 0 Å². The van der Waals surface area contributed by atoms with E-state index >= 15 is 0 Å². The average Bonchev–Trinajstić information content (AvgIpc) is 2.13. The maximum Gasteiger partial charge on any atom is 0.137 e. The van der Waals surface area contributed by atoms with Crippen LogP contribution in [0.1, 0.15) is 12.0 Å². The Morgan fingerprint density at radius 3 is 3.00 bits per heavy atom. The Morgan fingerprint density at radius 2 is 2.31 bits per heavy atom. The standard InChI is InChI=1S/C10H16N2O/c1-9-6-10(8-12-7-9)13-5-3-4-11-2/h6-8,11H,3-5H2,1-2H3. The van der Waals surface area contributed by atoms with Crippen LogP contribution in [0.4, 0.5) is 0 Å². The highest BCUT2D eigenvalue weighted by Gasteiger charge is 1.93. The Hall–Kier alpha value is -1.09. The molecule has 0 spiro atoms. The summed E-state index contributed by atoms with van der Waals surface area (Å²) in [6.07, 6.45) is 4.58. The van der Waals surface area contributed by atoms with Crippen LogP contribution in [0.3, 0.4) is 0 Å². The Balaban J connectivity index is 2.28. The van der Waals surface area contributed by atoms with Crippen LogP contribution in [0.25, 0.3) is 0 Å². The summed E-state index contributed by atoms with van der Waals surface area (Å²) in [7, 11) is 1.94. The molecule has 3 nitrogen and oxygen atoms in total. The third-order valence-electron chi connectivity index (χ3n) is 1.69. The van der Waals surface area contributed by atoms with Gasteiger partial charge in [-0.15, -0.1) is 0 Å². The molecule has 3 heteroatoms. The number of aryl methyl sites for hydroxylation is 1. The minimum Gasteiger partial charge on any atom is -0.492 e. The van der Waals surface area contributed by atoms with Gasteiger partial charge in [0.25, 0.3) is 0 Å². The molecule has 1 aromatic rings. The van der Waals surface area contributed by atoms with E-state index in [9.17, 15) is 0 Å². The normalized spacial score (nSPS) is 10.0. The van der Waals surface area contributed by atoms with Gasteiger partial charge in [0.15, 0.2) is 0 Å². The fourth-order valence-electron chi connectivity index (χ4n) is 1.05. The molecule has 0 saturated carbocycles. The maximum atomic E-state index is 5.49. The topological polar surface area (TPSA) is 34.1 Å². The number of aromatic nitrogens is 1. The Morgan fingerprint density at radius 1 is 1.46 bits per heavy atom. The van der Waals surface area contributed by atoms with Gasteiger partial charge in [-0.25, -0.2) is 0 Å². The summed E-state index contributed by atoms with van der Waals surface area (Å²) < 4.78 is 5.49. The molecule has 1 N–H and O–H groups in total. The second-order valence-electron chi connectivity index (χ2n) is 3.00. The second kappa shape index (κ2) is 5.54. The number of hydrogen-bond donors (Lipinski definition) is 1. The van der Waals surface area contributed by atoms with Crippen molar-refractivity contribution in [2.75, 3.05) is 20.2 Å². The molecule has 0 fully saturated rings. The van der Waals surface area contributed by atoms with Crippen LogP contribution in [-0.2, 0) is 0 Å². The van der Waals surface area contributed by atoms with E-state index < -0.39 is 0 Å². The van der Waals surface area contributed by atoms with Gasteiger partial charge in [-0.3, -0.25) is 4.98 Å². The van der Waals surface area contributed by atoms with E-state index in [0.29, 0.717) is 0 Å². The molecule has 0 saturated heterocycles. The number of pyridine rings is 1. The van der Waals surface area contributed by atoms with Gasteiger partial charge in [-0.2, -0.15) is 0 Å². The molecule has 0 aliphatic heterocycles. The molecule has 1 aromatic heterocycles. The molecule has 72 valence electrons. The maximum absolute atomic E-state index is 5.49. The number of ether oxygens (including phenoxy) is 1. The summed E-state index contributed by atoms with van der Waals surface area (Å²) in [6.45, 7) is 3.73. The first kappa shape index (κ1) is 9.99. The van der Waals surface area contributed by atoms with Crippen molar-refractivity contribution in [3.05, 3.63) is 24.0 Å². The first-order valence-electron chi connectivity index (χ1n) is 4.52. The van der Waals surface area contributed by atoms with Gasteiger partial charge in [0.2, 0.25) is 0 Å². The van der Waals surface area contributed by atoms with E-state index in [0.717, 1.165) is 30.9 Å². The van der Waals surface area contributed by atoms with Crippen LogP contribution in [0.15, 0.2) is 18.5 Å². The molecule has 1 heterocycles. The SMILES string of the molecule is CNCCCOc1cncc(C)c1. The molecule has 0 aliphatic rings. The highest BCUT2D eigenvalue weighted by Crippen LogP contribution is 2.09. The monoisotopic (exact) mass is 180 g/mol. The van der Waals surface area contributed by atoms with Gasteiger partial charge in [-0.1, -0.05) is 0 Å². The highest BCUT2D eigenvalue weighted by atomic mass is 16.5. The van der Waals surface area contributed by atoms with Gasteiger partial charge in [0.1, 0.15) is 5.75 Å². The van der Waals surface area contributed by atoms with E-state index in [4.69, 9.17) is 4.74 Å². The molecule has 13 heavy (non-hydrogen) atoms. The molecular weight excluding hydrogens is 164 g/mol. The third-order valence-corrected chi connectivity index (χ3v) is 1.69. The van der Waals surface area contributed by atoms with Gasteiger partial charge in [-0.05, 0) is 38.6 Å². The number of nitrogens with zero attached hydrogens (tertiary/aromatic N) is 1. The lowest BCUT2D eigenvalue weighted by Crippen LogP contribution is -2.11. The molecule has 0 aromatic carbocycles. The number of rotatable bonds is 5. The lowest BCUT2D eigenvalue weighted by molar-refractivity contribution is 0.308. The van der Waals surface area contributed by atoms with E-state index in [2.05, 4.69) is 10.3 Å². The lowest BCUT2D eigenvalue weighted by atomic mass is 10.3. The Labute approximate surface area is 79.1 Å². The lowest BCUT2D eigenvalue weighted by Gasteiger charge is -2.05. The summed E-state index contributed by atoms with van der Waals surface area (Å²) in [5, 5.41) is 3.07. The molecule has 0 unspecified atom stereocenters. The predicted octanol–water partition coefficient (Wildman–Crippen LogP) is 1.38. The zero-order valence-electron chi connectivity index (χ0n) is 8.21. The van der Waals surface area contributed by atoms with E-state index in [-0.39, 0.29) is 0 Å². The van der Waals surface area contributed by atoms with Crippen molar-refractivity contribution >= 4 is 0 Å². The van der Waals surface area contributed by atoms with Crippen molar-refractivity contribution in [3.8, 4) is 5.75 Å². The smallest absolute Gasteiger partial charge is 0.137 e. The van der Waals surface area contributed by atoms with Gasteiger partial charge in [0, 0.05) is 6.20 Å². The van der Waals surface area contributed by atoms with Crippen LogP contribution in [0, 0.1) is 6.92 Å². The summed E-state index contributed by atoms with van der Waals surface area (Å²) >= 11 is 0. The van der Waals surface area contributed by atoms with Gasteiger partial charge in [0.05, 0.1) is 12.8 Å². The first-order valence-corrected chi connectivity index (χ1v) is 4.52. The van der Waals surface area contributed by atoms with Crippen LogP contribution in [0.2, 0.25) is 0 Å². The minimum atomic E-state index is 0.742. The van der Waals surface area contributed by atoms with Crippen LogP contribution < -0.4 is 10.1 Å². The van der Waals surface area contributed by atoms with Crippen molar-refractivity contribution in [2.45, 2.75) is 13.3 Å². The van der Waals surface area contributed by atoms with Gasteiger partial charge < -0.3 is 10.1 Å². The van der Waals surface area contributed by atoms with Crippen LogP contribution >= 0.6 is 0 Å².